The lowest BCUT2D eigenvalue weighted by Gasteiger charge is -2.12. The smallest absolute Gasteiger partial charge is 0.322 e. The van der Waals surface area contributed by atoms with E-state index in [1.807, 2.05) is 13.8 Å². The van der Waals surface area contributed by atoms with Crippen LogP contribution in [0.2, 0.25) is 5.02 Å². The van der Waals surface area contributed by atoms with Gasteiger partial charge in [0.05, 0.1) is 17.5 Å². The summed E-state index contributed by atoms with van der Waals surface area (Å²) in [4.78, 5) is 34.9. The minimum absolute atomic E-state index is 0.0142. The fourth-order valence-corrected chi connectivity index (χ4v) is 2.89. The van der Waals surface area contributed by atoms with Crippen LogP contribution >= 0.6 is 11.6 Å². The van der Waals surface area contributed by atoms with E-state index in [1.54, 1.807) is 12.1 Å². The maximum atomic E-state index is 12.4. The molecule has 3 aromatic rings. The SMILES string of the molecule is CC(C)NC(=O)c1c[nH]c2ncc(C(=N)c3ccc(Cl)cc3NCC(=O)O)nc12. The zero-order valence-electron chi connectivity index (χ0n) is 15.7. The minimum Gasteiger partial charge on any atom is -0.480 e. The fraction of sp³-hybridized carbons (Fsp3) is 0.211. The van der Waals surface area contributed by atoms with Gasteiger partial charge in [0.15, 0.2) is 5.65 Å². The monoisotopic (exact) mass is 414 g/mol. The molecule has 2 heterocycles. The average Bonchev–Trinajstić information content (AvgIpc) is 3.08. The molecule has 5 N–H and O–H groups in total. The summed E-state index contributed by atoms with van der Waals surface area (Å²) >= 11 is 6.01. The number of aromatic nitrogens is 3. The van der Waals surface area contributed by atoms with E-state index < -0.39 is 5.97 Å². The number of carbonyl (C=O) groups is 2. The van der Waals surface area contributed by atoms with E-state index in [0.29, 0.717) is 33.0 Å². The lowest BCUT2D eigenvalue weighted by atomic mass is 10.1. The number of H-pyrrole nitrogens is 1. The van der Waals surface area contributed by atoms with Gasteiger partial charge < -0.3 is 20.7 Å². The van der Waals surface area contributed by atoms with E-state index in [0.717, 1.165) is 0 Å². The van der Waals surface area contributed by atoms with Crippen LogP contribution in [0.3, 0.4) is 0 Å². The molecule has 10 heteroatoms. The summed E-state index contributed by atoms with van der Waals surface area (Å²) in [5.74, 6) is -1.34. The normalized spacial score (nSPS) is 10.9. The number of hydrogen-bond acceptors (Lipinski definition) is 6. The molecule has 0 saturated heterocycles. The van der Waals surface area contributed by atoms with Crippen LogP contribution in [0.25, 0.3) is 11.2 Å². The van der Waals surface area contributed by atoms with Gasteiger partial charge in [0.25, 0.3) is 5.91 Å². The summed E-state index contributed by atoms with van der Waals surface area (Å²) in [6, 6.07) is 4.70. The topological polar surface area (TPSA) is 144 Å². The van der Waals surface area contributed by atoms with Crippen LogP contribution in [-0.4, -0.2) is 50.2 Å². The molecule has 1 amide bonds. The maximum absolute atomic E-state index is 12.4. The van der Waals surface area contributed by atoms with E-state index >= 15 is 0 Å². The van der Waals surface area contributed by atoms with Gasteiger partial charge in [-0.15, -0.1) is 0 Å². The molecule has 0 aliphatic rings. The average molecular weight is 415 g/mol. The summed E-state index contributed by atoms with van der Waals surface area (Å²) in [7, 11) is 0. The molecule has 29 heavy (non-hydrogen) atoms. The highest BCUT2D eigenvalue weighted by Gasteiger charge is 2.18. The molecule has 9 nitrogen and oxygen atoms in total. The number of benzene rings is 1. The number of halogens is 1. The molecule has 0 radical (unpaired) electrons. The zero-order chi connectivity index (χ0) is 21.1. The van der Waals surface area contributed by atoms with E-state index in [2.05, 4.69) is 25.6 Å². The standard InChI is InChI=1S/C19H19ClN6O3/c1-9(2)25-19(29)12-6-23-18-17(12)26-14(7-24-18)16(21)11-4-3-10(20)5-13(11)22-8-15(27)28/h3-7,9,21-22H,8H2,1-2H3,(H,23,24)(H,25,29)(H,27,28). The molecule has 0 bridgehead atoms. The van der Waals surface area contributed by atoms with Crippen LogP contribution in [0.4, 0.5) is 5.69 Å². The highest BCUT2D eigenvalue weighted by atomic mass is 35.5. The number of anilines is 1. The molecule has 150 valence electrons. The molecule has 0 fully saturated rings. The number of carboxylic acids is 1. The Balaban J connectivity index is 1.99. The highest BCUT2D eigenvalue weighted by Crippen LogP contribution is 2.24. The second kappa shape index (κ2) is 8.27. The van der Waals surface area contributed by atoms with Gasteiger partial charge in [0.1, 0.15) is 17.8 Å². The Morgan fingerprint density at radius 1 is 1.31 bits per heavy atom. The first-order valence-electron chi connectivity index (χ1n) is 8.75. The molecular weight excluding hydrogens is 396 g/mol. The zero-order valence-corrected chi connectivity index (χ0v) is 16.5. The Hall–Kier alpha value is -3.46. The van der Waals surface area contributed by atoms with Crippen molar-refractivity contribution in [3.63, 3.8) is 0 Å². The molecule has 2 aromatic heterocycles. The quantitative estimate of drug-likeness (QED) is 0.376. The number of carbonyl (C=O) groups excluding carboxylic acids is 1. The lowest BCUT2D eigenvalue weighted by molar-refractivity contribution is -0.134. The molecule has 0 atom stereocenters. The minimum atomic E-state index is -1.04. The second-order valence-corrected chi connectivity index (χ2v) is 7.03. The second-order valence-electron chi connectivity index (χ2n) is 6.60. The van der Waals surface area contributed by atoms with Crippen molar-refractivity contribution in [1.82, 2.24) is 20.3 Å². The van der Waals surface area contributed by atoms with Crippen molar-refractivity contribution in [3.8, 4) is 0 Å². The Kier molecular flexibility index (Phi) is 5.79. The van der Waals surface area contributed by atoms with Crippen molar-refractivity contribution < 1.29 is 14.7 Å². The molecule has 0 saturated carbocycles. The predicted molar refractivity (Wildman–Crippen MR) is 110 cm³/mol. The summed E-state index contributed by atoms with van der Waals surface area (Å²) < 4.78 is 0. The number of aliphatic carboxylic acids is 1. The van der Waals surface area contributed by atoms with Gasteiger partial charge in [0.2, 0.25) is 0 Å². The summed E-state index contributed by atoms with van der Waals surface area (Å²) in [6.07, 6.45) is 2.94. The lowest BCUT2D eigenvalue weighted by Crippen LogP contribution is -2.30. The Morgan fingerprint density at radius 2 is 2.07 bits per heavy atom. The maximum Gasteiger partial charge on any atom is 0.322 e. The number of carboxylic acid groups (broad SMARTS) is 1. The fourth-order valence-electron chi connectivity index (χ4n) is 2.71. The molecule has 1 aromatic carbocycles. The van der Waals surface area contributed by atoms with Crippen molar-refractivity contribution in [1.29, 1.82) is 5.41 Å². The van der Waals surface area contributed by atoms with Gasteiger partial charge >= 0.3 is 5.97 Å². The van der Waals surface area contributed by atoms with Crippen LogP contribution < -0.4 is 10.6 Å². The van der Waals surface area contributed by atoms with Crippen LogP contribution in [0, 0.1) is 5.41 Å². The highest BCUT2D eigenvalue weighted by molar-refractivity contribution is 6.31. The summed E-state index contributed by atoms with van der Waals surface area (Å²) in [5.41, 5.74) is 2.15. The van der Waals surface area contributed by atoms with E-state index in [9.17, 15) is 9.59 Å². The molecule has 0 spiro atoms. The molecule has 3 rings (SSSR count). The van der Waals surface area contributed by atoms with Gasteiger partial charge in [-0.05, 0) is 32.0 Å². The third-order valence-electron chi connectivity index (χ3n) is 3.98. The van der Waals surface area contributed by atoms with Crippen LogP contribution in [0.15, 0.2) is 30.6 Å². The molecule has 0 aliphatic heterocycles. The van der Waals surface area contributed by atoms with E-state index in [1.165, 1.54) is 18.5 Å². The first kappa shape index (κ1) is 20.3. The van der Waals surface area contributed by atoms with Crippen LogP contribution in [-0.2, 0) is 4.79 Å². The molecule has 0 aliphatic carbocycles. The Morgan fingerprint density at radius 3 is 2.76 bits per heavy atom. The van der Waals surface area contributed by atoms with E-state index in [-0.39, 0.29) is 29.9 Å². The van der Waals surface area contributed by atoms with Crippen molar-refractivity contribution in [2.45, 2.75) is 19.9 Å². The van der Waals surface area contributed by atoms with Gasteiger partial charge in [-0.2, -0.15) is 0 Å². The van der Waals surface area contributed by atoms with Crippen LogP contribution in [0.5, 0.6) is 0 Å². The summed E-state index contributed by atoms with van der Waals surface area (Å²) in [5, 5.41) is 23.4. The number of hydrogen-bond donors (Lipinski definition) is 5. The van der Waals surface area contributed by atoms with Gasteiger partial charge in [0, 0.05) is 28.5 Å². The Bertz CT molecular complexity index is 1110. The van der Waals surface area contributed by atoms with Crippen LogP contribution in [0.1, 0.15) is 35.5 Å². The third kappa shape index (κ3) is 4.52. The van der Waals surface area contributed by atoms with Gasteiger partial charge in [-0.1, -0.05) is 11.6 Å². The third-order valence-corrected chi connectivity index (χ3v) is 4.22. The number of nitrogens with zero attached hydrogens (tertiary/aromatic N) is 2. The number of rotatable bonds is 7. The first-order chi connectivity index (χ1) is 13.8. The molecule has 0 unspecified atom stereocenters. The van der Waals surface area contributed by atoms with Gasteiger partial charge in [-0.3, -0.25) is 15.0 Å². The van der Waals surface area contributed by atoms with Gasteiger partial charge in [-0.25, -0.2) is 9.97 Å². The number of fused-ring (bicyclic) bond motifs is 1. The summed E-state index contributed by atoms with van der Waals surface area (Å²) in [6.45, 7) is 3.38. The van der Waals surface area contributed by atoms with Crippen molar-refractivity contribution in [2.24, 2.45) is 0 Å². The largest absolute Gasteiger partial charge is 0.480 e. The van der Waals surface area contributed by atoms with E-state index in [4.69, 9.17) is 22.1 Å². The first-order valence-corrected chi connectivity index (χ1v) is 9.13. The van der Waals surface area contributed by atoms with Crippen molar-refractivity contribution in [3.05, 3.63) is 52.4 Å². The number of nitrogens with one attached hydrogen (secondary N) is 4. The number of aromatic amines is 1. The van der Waals surface area contributed by atoms with Crippen molar-refractivity contribution >= 4 is 46.0 Å². The predicted octanol–water partition coefficient (Wildman–Crippen LogP) is 2.66. The number of amides is 1. The molecular formula is C19H19ClN6O3. The van der Waals surface area contributed by atoms with Crippen molar-refractivity contribution in [2.75, 3.05) is 11.9 Å². The Labute approximate surface area is 171 Å².